The molecule has 2 nitrogen and oxygen atoms in total. The van der Waals surface area contributed by atoms with Gasteiger partial charge in [0, 0.05) is 23.3 Å². The highest BCUT2D eigenvalue weighted by Crippen LogP contribution is 2.35. The van der Waals surface area contributed by atoms with Crippen molar-refractivity contribution in [2.75, 3.05) is 17.6 Å². The molecule has 0 aliphatic heterocycles. The van der Waals surface area contributed by atoms with Crippen LogP contribution in [0.3, 0.4) is 0 Å². The fourth-order valence-electron chi connectivity index (χ4n) is 5.15. The standard InChI is InChI=1S/C39H50N2/c1-29-17-20-33(21-18-29)24-26-41-37-23-22-34(40)28-36(37)38(5,6)25-14-12-10-9-11-13-15-32(4)39(7,8)35-27-30(2)16-19-31(35)3/h9-23,27-28,41H,24-26,40H2,1-8H3/b10-9+,13-11+,14-12+,32-15-. The van der Waals surface area contributed by atoms with Gasteiger partial charge in [0.15, 0.2) is 0 Å². The Kier molecular flexibility index (Phi) is 11.0. The summed E-state index contributed by atoms with van der Waals surface area (Å²) in [6.07, 6.45) is 17.0. The highest BCUT2D eigenvalue weighted by molar-refractivity contribution is 5.61. The SMILES string of the molecule is C/C(=C/C=C/C=C/C=C/CC(C)(C)c1cc(N)ccc1NCCc1ccc(C)cc1)C(C)(C)c1cc(C)ccc1C. The highest BCUT2D eigenvalue weighted by atomic mass is 14.9. The number of benzene rings is 3. The van der Waals surface area contributed by atoms with Gasteiger partial charge >= 0.3 is 0 Å². The third-order valence-electron chi connectivity index (χ3n) is 8.23. The van der Waals surface area contributed by atoms with Crippen LogP contribution in [0.15, 0.2) is 109 Å². The lowest BCUT2D eigenvalue weighted by Gasteiger charge is -2.29. The van der Waals surface area contributed by atoms with Crippen LogP contribution in [0.4, 0.5) is 11.4 Å². The molecule has 0 amide bonds. The van der Waals surface area contributed by atoms with E-state index >= 15 is 0 Å². The van der Waals surface area contributed by atoms with E-state index < -0.39 is 0 Å². The van der Waals surface area contributed by atoms with Crippen LogP contribution in [0.2, 0.25) is 0 Å². The minimum atomic E-state index is -0.0545. The largest absolute Gasteiger partial charge is 0.399 e. The first-order valence-corrected chi connectivity index (χ1v) is 14.8. The van der Waals surface area contributed by atoms with E-state index in [0.717, 1.165) is 30.8 Å². The smallest absolute Gasteiger partial charge is 0.0379 e. The minimum absolute atomic E-state index is 0.00907. The molecule has 0 radical (unpaired) electrons. The molecule has 0 heterocycles. The zero-order chi connectivity index (χ0) is 30.0. The molecule has 0 saturated heterocycles. The number of aryl methyl sites for hydroxylation is 3. The maximum absolute atomic E-state index is 6.21. The molecule has 0 atom stereocenters. The molecule has 3 rings (SSSR count). The van der Waals surface area contributed by atoms with E-state index in [0.29, 0.717) is 0 Å². The molecule has 41 heavy (non-hydrogen) atoms. The molecular weight excluding hydrogens is 496 g/mol. The number of nitrogen functional groups attached to an aromatic ring is 1. The average molecular weight is 547 g/mol. The number of rotatable bonds is 12. The van der Waals surface area contributed by atoms with Crippen LogP contribution in [0, 0.1) is 20.8 Å². The van der Waals surface area contributed by atoms with Gasteiger partial charge in [-0.05, 0) is 86.4 Å². The lowest BCUT2D eigenvalue weighted by molar-refractivity contribution is 0.535. The Labute approximate surface area is 249 Å². The van der Waals surface area contributed by atoms with E-state index in [1.165, 1.54) is 39.0 Å². The van der Waals surface area contributed by atoms with Crippen LogP contribution in [-0.2, 0) is 17.3 Å². The molecule has 0 fully saturated rings. The molecule has 0 aromatic heterocycles. The van der Waals surface area contributed by atoms with E-state index in [9.17, 15) is 0 Å². The summed E-state index contributed by atoms with van der Waals surface area (Å²) in [5.41, 5.74) is 17.4. The van der Waals surface area contributed by atoms with Gasteiger partial charge in [0.2, 0.25) is 0 Å². The van der Waals surface area contributed by atoms with Crippen molar-refractivity contribution in [3.63, 3.8) is 0 Å². The fraction of sp³-hybridized carbons (Fsp3) is 0.333. The average Bonchev–Trinajstić information content (AvgIpc) is 2.93. The Morgan fingerprint density at radius 3 is 2.15 bits per heavy atom. The van der Waals surface area contributed by atoms with Gasteiger partial charge in [-0.25, -0.2) is 0 Å². The summed E-state index contributed by atoms with van der Waals surface area (Å²) in [5.74, 6) is 0. The lowest BCUT2D eigenvalue weighted by atomic mass is 9.76. The van der Waals surface area contributed by atoms with E-state index in [4.69, 9.17) is 5.73 Å². The number of nitrogens with two attached hydrogens (primary N) is 1. The third-order valence-corrected chi connectivity index (χ3v) is 8.23. The predicted molar refractivity (Wildman–Crippen MR) is 182 cm³/mol. The third kappa shape index (κ3) is 9.11. The van der Waals surface area contributed by atoms with Gasteiger partial charge in [0.1, 0.15) is 0 Å². The van der Waals surface area contributed by atoms with Gasteiger partial charge in [0.25, 0.3) is 0 Å². The number of anilines is 2. The van der Waals surface area contributed by atoms with E-state index in [1.54, 1.807) is 0 Å². The number of hydrogen-bond acceptors (Lipinski definition) is 2. The second-order valence-corrected chi connectivity index (χ2v) is 12.5. The van der Waals surface area contributed by atoms with Crippen LogP contribution in [0.1, 0.15) is 74.4 Å². The van der Waals surface area contributed by atoms with Gasteiger partial charge in [-0.3, -0.25) is 0 Å². The van der Waals surface area contributed by atoms with Gasteiger partial charge < -0.3 is 11.1 Å². The van der Waals surface area contributed by atoms with E-state index in [1.807, 2.05) is 6.07 Å². The van der Waals surface area contributed by atoms with Crippen LogP contribution < -0.4 is 11.1 Å². The molecule has 0 aliphatic carbocycles. The Hall–Kier alpha value is -3.78. The van der Waals surface area contributed by atoms with Crippen molar-refractivity contribution in [2.45, 2.75) is 79.1 Å². The lowest BCUT2D eigenvalue weighted by Crippen LogP contribution is -2.20. The minimum Gasteiger partial charge on any atom is -0.399 e. The van der Waals surface area contributed by atoms with Crippen molar-refractivity contribution in [2.24, 2.45) is 0 Å². The molecule has 0 spiro atoms. The molecular formula is C39H50N2. The Morgan fingerprint density at radius 2 is 1.41 bits per heavy atom. The number of hydrogen-bond donors (Lipinski definition) is 2. The predicted octanol–water partition coefficient (Wildman–Crippen LogP) is 10.1. The van der Waals surface area contributed by atoms with Gasteiger partial charge in [-0.15, -0.1) is 0 Å². The summed E-state index contributed by atoms with van der Waals surface area (Å²) in [5, 5.41) is 3.66. The first-order valence-electron chi connectivity index (χ1n) is 14.8. The van der Waals surface area contributed by atoms with Crippen LogP contribution >= 0.6 is 0 Å². The monoisotopic (exact) mass is 546 g/mol. The molecule has 0 aliphatic rings. The van der Waals surface area contributed by atoms with Gasteiger partial charge in [-0.2, -0.15) is 0 Å². The number of allylic oxidation sites excluding steroid dienone is 8. The fourth-order valence-corrected chi connectivity index (χ4v) is 5.15. The summed E-state index contributed by atoms with van der Waals surface area (Å²) in [4.78, 5) is 0. The molecule has 2 heteroatoms. The summed E-state index contributed by atoms with van der Waals surface area (Å²) >= 11 is 0. The van der Waals surface area contributed by atoms with Crippen molar-refractivity contribution in [1.82, 2.24) is 0 Å². The van der Waals surface area contributed by atoms with Gasteiger partial charge in [0.05, 0.1) is 0 Å². The maximum Gasteiger partial charge on any atom is 0.0379 e. The van der Waals surface area contributed by atoms with E-state index in [-0.39, 0.29) is 10.8 Å². The first kappa shape index (κ1) is 31.7. The molecule has 216 valence electrons. The van der Waals surface area contributed by atoms with Crippen molar-refractivity contribution in [3.05, 3.63) is 142 Å². The maximum atomic E-state index is 6.21. The van der Waals surface area contributed by atoms with Crippen LogP contribution in [-0.4, -0.2) is 6.54 Å². The summed E-state index contributed by atoms with van der Waals surface area (Å²) in [6, 6.07) is 21.7. The Morgan fingerprint density at radius 1 is 0.756 bits per heavy atom. The van der Waals surface area contributed by atoms with Crippen molar-refractivity contribution >= 4 is 11.4 Å². The molecule has 3 aromatic carbocycles. The Bertz CT molecular complexity index is 1410. The summed E-state index contributed by atoms with van der Waals surface area (Å²) < 4.78 is 0. The molecule has 3 N–H and O–H groups in total. The summed E-state index contributed by atoms with van der Waals surface area (Å²) in [7, 11) is 0. The summed E-state index contributed by atoms with van der Waals surface area (Å²) in [6.45, 7) is 18.8. The van der Waals surface area contributed by atoms with Crippen LogP contribution in [0.5, 0.6) is 0 Å². The zero-order valence-corrected chi connectivity index (χ0v) is 26.5. The Balaban J connectivity index is 1.58. The van der Waals surface area contributed by atoms with E-state index in [2.05, 4.69) is 158 Å². The quantitative estimate of drug-likeness (QED) is 0.175. The first-order chi connectivity index (χ1) is 19.4. The van der Waals surface area contributed by atoms with Crippen LogP contribution in [0.25, 0.3) is 0 Å². The normalized spacial score (nSPS) is 13.1. The molecule has 0 saturated carbocycles. The van der Waals surface area contributed by atoms with Crippen molar-refractivity contribution in [1.29, 1.82) is 0 Å². The second-order valence-electron chi connectivity index (χ2n) is 12.5. The second kappa shape index (κ2) is 14.2. The topological polar surface area (TPSA) is 38.0 Å². The highest BCUT2D eigenvalue weighted by Gasteiger charge is 2.24. The van der Waals surface area contributed by atoms with Gasteiger partial charge in [-0.1, -0.05) is 129 Å². The zero-order valence-electron chi connectivity index (χ0n) is 26.5. The molecule has 0 bridgehead atoms. The van der Waals surface area contributed by atoms with Crippen molar-refractivity contribution < 1.29 is 0 Å². The molecule has 0 unspecified atom stereocenters. The number of nitrogens with one attached hydrogen (secondary N) is 1. The molecule has 3 aromatic rings. The van der Waals surface area contributed by atoms with Crippen molar-refractivity contribution in [3.8, 4) is 0 Å².